The molecule has 124 valence electrons. The Bertz CT molecular complexity index is 653. The summed E-state index contributed by atoms with van der Waals surface area (Å²) >= 11 is 6.36. The van der Waals surface area contributed by atoms with Crippen molar-refractivity contribution >= 4 is 17.5 Å². The van der Waals surface area contributed by atoms with Crippen molar-refractivity contribution in [3.63, 3.8) is 0 Å². The van der Waals surface area contributed by atoms with E-state index in [1.807, 2.05) is 44.2 Å². The first-order valence-electron chi connectivity index (χ1n) is 7.71. The van der Waals surface area contributed by atoms with E-state index in [2.05, 4.69) is 10.4 Å². The summed E-state index contributed by atoms with van der Waals surface area (Å²) in [4.78, 5) is 12.3. The first-order chi connectivity index (χ1) is 11.0. The summed E-state index contributed by atoms with van der Waals surface area (Å²) in [5.41, 5.74) is 1.85. The number of aromatic nitrogens is 2. The molecule has 0 saturated carbocycles. The highest BCUT2D eigenvalue weighted by Gasteiger charge is 2.20. The molecular weight excluding hydrogens is 314 g/mol. The highest BCUT2D eigenvalue weighted by atomic mass is 35.5. The number of hydrogen-bond acceptors (Lipinski definition) is 3. The van der Waals surface area contributed by atoms with Gasteiger partial charge in [0.25, 0.3) is 5.91 Å². The number of carbonyl (C=O) groups excluding carboxylic acids is 1. The van der Waals surface area contributed by atoms with Gasteiger partial charge in [-0.1, -0.05) is 29.8 Å². The number of nitrogens with zero attached hydrogens (tertiary/aromatic N) is 2. The highest BCUT2D eigenvalue weighted by molar-refractivity contribution is 6.33. The third kappa shape index (κ3) is 4.56. The van der Waals surface area contributed by atoms with Gasteiger partial charge >= 0.3 is 0 Å². The SMILES string of the molecule is Cc1nn(-c2ccccc2)c(Cl)c1C(=O)NCCCOC(C)C. The highest BCUT2D eigenvalue weighted by Crippen LogP contribution is 2.23. The number of benzene rings is 1. The molecule has 1 aromatic carbocycles. The Balaban J connectivity index is 2.02. The van der Waals surface area contributed by atoms with Crippen LogP contribution >= 0.6 is 11.6 Å². The van der Waals surface area contributed by atoms with Crippen LogP contribution in [0.1, 0.15) is 36.3 Å². The summed E-state index contributed by atoms with van der Waals surface area (Å²) in [6.45, 7) is 6.91. The zero-order valence-corrected chi connectivity index (χ0v) is 14.4. The Morgan fingerprint density at radius 3 is 2.70 bits per heavy atom. The topological polar surface area (TPSA) is 56.2 Å². The van der Waals surface area contributed by atoms with Crippen LogP contribution in [-0.2, 0) is 4.74 Å². The standard InChI is InChI=1S/C17H22ClN3O2/c1-12(2)23-11-7-10-19-17(22)15-13(3)20-21(16(15)18)14-8-5-4-6-9-14/h4-6,8-9,12H,7,10-11H2,1-3H3,(H,19,22). The number of aryl methyl sites for hydroxylation is 1. The molecular formula is C17H22ClN3O2. The molecule has 0 bridgehead atoms. The molecule has 0 aliphatic rings. The third-order valence-corrected chi connectivity index (χ3v) is 3.64. The van der Waals surface area contributed by atoms with E-state index in [4.69, 9.17) is 16.3 Å². The van der Waals surface area contributed by atoms with Gasteiger partial charge in [-0.15, -0.1) is 0 Å². The average Bonchev–Trinajstić information content (AvgIpc) is 2.82. The van der Waals surface area contributed by atoms with E-state index in [9.17, 15) is 4.79 Å². The minimum Gasteiger partial charge on any atom is -0.379 e. The Hall–Kier alpha value is -1.85. The minimum absolute atomic E-state index is 0.200. The van der Waals surface area contributed by atoms with Crippen LogP contribution in [0.2, 0.25) is 5.15 Å². The summed E-state index contributed by atoms with van der Waals surface area (Å²) in [7, 11) is 0. The van der Waals surface area contributed by atoms with Crippen LogP contribution < -0.4 is 5.32 Å². The van der Waals surface area contributed by atoms with Gasteiger partial charge in [0.15, 0.2) is 0 Å². The molecule has 1 heterocycles. The number of carbonyl (C=O) groups is 1. The van der Waals surface area contributed by atoms with Crippen molar-refractivity contribution in [2.24, 2.45) is 0 Å². The largest absolute Gasteiger partial charge is 0.379 e. The number of hydrogen-bond donors (Lipinski definition) is 1. The van der Waals surface area contributed by atoms with Crippen molar-refractivity contribution in [2.75, 3.05) is 13.2 Å². The number of ether oxygens (including phenoxy) is 1. The van der Waals surface area contributed by atoms with E-state index in [1.54, 1.807) is 11.6 Å². The van der Waals surface area contributed by atoms with Gasteiger partial charge in [-0.3, -0.25) is 4.79 Å². The van der Waals surface area contributed by atoms with Gasteiger partial charge in [0.05, 0.1) is 23.0 Å². The monoisotopic (exact) mass is 335 g/mol. The van der Waals surface area contributed by atoms with Gasteiger partial charge in [0.2, 0.25) is 0 Å². The van der Waals surface area contributed by atoms with Crippen molar-refractivity contribution in [3.8, 4) is 5.69 Å². The van der Waals surface area contributed by atoms with Crippen molar-refractivity contribution in [2.45, 2.75) is 33.3 Å². The van der Waals surface area contributed by atoms with Crippen LogP contribution in [0.4, 0.5) is 0 Å². The van der Waals surface area contributed by atoms with E-state index in [0.717, 1.165) is 12.1 Å². The fraction of sp³-hybridized carbons (Fsp3) is 0.412. The zero-order valence-electron chi connectivity index (χ0n) is 13.7. The summed E-state index contributed by atoms with van der Waals surface area (Å²) in [5, 5.41) is 7.55. The molecule has 0 aliphatic carbocycles. The molecule has 5 nitrogen and oxygen atoms in total. The zero-order chi connectivity index (χ0) is 16.8. The van der Waals surface area contributed by atoms with Crippen molar-refractivity contribution in [1.29, 1.82) is 0 Å². The molecule has 0 atom stereocenters. The lowest BCUT2D eigenvalue weighted by Crippen LogP contribution is -2.26. The van der Waals surface area contributed by atoms with Crippen LogP contribution in [0, 0.1) is 6.92 Å². The van der Waals surface area contributed by atoms with E-state index in [-0.39, 0.29) is 12.0 Å². The lowest BCUT2D eigenvalue weighted by atomic mass is 10.2. The Morgan fingerprint density at radius 1 is 1.35 bits per heavy atom. The van der Waals surface area contributed by atoms with Gasteiger partial charge < -0.3 is 10.1 Å². The van der Waals surface area contributed by atoms with Gasteiger partial charge in [-0.05, 0) is 39.3 Å². The molecule has 2 rings (SSSR count). The molecule has 2 aromatic rings. The fourth-order valence-electron chi connectivity index (χ4n) is 2.18. The molecule has 0 saturated heterocycles. The Labute approximate surface area is 141 Å². The molecule has 1 amide bonds. The molecule has 1 N–H and O–H groups in total. The second kappa shape index (κ2) is 8.13. The maximum atomic E-state index is 12.3. The van der Waals surface area contributed by atoms with Crippen LogP contribution in [0.15, 0.2) is 30.3 Å². The number of nitrogens with one attached hydrogen (secondary N) is 1. The van der Waals surface area contributed by atoms with Crippen LogP contribution in [-0.4, -0.2) is 34.9 Å². The van der Waals surface area contributed by atoms with Gasteiger partial charge in [-0.25, -0.2) is 4.68 Å². The number of halogens is 1. The lowest BCUT2D eigenvalue weighted by molar-refractivity contribution is 0.0757. The molecule has 0 spiro atoms. The first-order valence-corrected chi connectivity index (χ1v) is 8.09. The van der Waals surface area contributed by atoms with Crippen LogP contribution in [0.5, 0.6) is 0 Å². The number of amides is 1. The lowest BCUT2D eigenvalue weighted by Gasteiger charge is -2.08. The molecule has 0 fully saturated rings. The van der Waals surface area contributed by atoms with E-state index >= 15 is 0 Å². The summed E-state index contributed by atoms with van der Waals surface area (Å²) in [6.07, 6.45) is 0.958. The molecule has 0 radical (unpaired) electrons. The second-order valence-corrected chi connectivity index (χ2v) is 5.89. The molecule has 6 heteroatoms. The minimum atomic E-state index is -0.209. The normalized spacial score (nSPS) is 11.0. The molecule has 0 aliphatic heterocycles. The smallest absolute Gasteiger partial charge is 0.256 e. The van der Waals surface area contributed by atoms with Gasteiger partial charge in [-0.2, -0.15) is 5.10 Å². The van der Waals surface area contributed by atoms with Crippen molar-refractivity contribution in [3.05, 3.63) is 46.7 Å². The number of rotatable bonds is 7. The molecule has 1 aromatic heterocycles. The third-order valence-electron chi connectivity index (χ3n) is 3.29. The van der Waals surface area contributed by atoms with Crippen molar-refractivity contribution < 1.29 is 9.53 Å². The van der Waals surface area contributed by atoms with Gasteiger partial charge in [0.1, 0.15) is 5.15 Å². The predicted octanol–water partition coefficient (Wildman–Crippen LogP) is 3.38. The Kier molecular flexibility index (Phi) is 6.19. The summed E-state index contributed by atoms with van der Waals surface area (Å²) in [5.74, 6) is -0.209. The van der Waals surface area contributed by atoms with E-state index < -0.39 is 0 Å². The number of para-hydroxylation sites is 1. The maximum absolute atomic E-state index is 12.3. The fourth-order valence-corrected chi connectivity index (χ4v) is 2.54. The summed E-state index contributed by atoms with van der Waals surface area (Å²) in [6, 6.07) is 9.50. The van der Waals surface area contributed by atoms with E-state index in [1.165, 1.54) is 0 Å². The van der Waals surface area contributed by atoms with E-state index in [0.29, 0.717) is 29.6 Å². The Morgan fingerprint density at radius 2 is 2.04 bits per heavy atom. The molecule has 23 heavy (non-hydrogen) atoms. The summed E-state index contributed by atoms with van der Waals surface area (Å²) < 4.78 is 7.02. The quantitative estimate of drug-likeness (QED) is 0.789. The second-order valence-electron chi connectivity index (χ2n) is 5.53. The van der Waals surface area contributed by atoms with Crippen molar-refractivity contribution in [1.82, 2.24) is 15.1 Å². The predicted molar refractivity (Wildman–Crippen MR) is 91.3 cm³/mol. The molecule has 0 unspecified atom stereocenters. The first kappa shape index (κ1) is 17.5. The van der Waals surface area contributed by atoms with Crippen LogP contribution in [0.25, 0.3) is 5.69 Å². The average molecular weight is 336 g/mol. The maximum Gasteiger partial charge on any atom is 0.256 e. The van der Waals surface area contributed by atoms with Gasteiger partial charge in [0, 0.05) is 13.2 Å². The van der Waals surface area contributed by atoms with Crippen LogP contribution in [0.3, 0.4) is 0 Å².